The number of hydrogen-bond acceptors (Lipinski definition) is 2. The first-order valence-corrected chi connectivity index (χ1v) is 4.17. The molecule has 4 heteroatoms. The van der Waals surface area contributed by atoms with Crippen LogP contribution in [-0.2, 0) is 0 Å². The number of fused-ring (bicyclic) bond motifs is 1. The van der Waals surface area contributed by atoms with Crippen LogP contribution in [-0.4, -0.2) is 5.10 Å². The van der Waals surface area contributed by atoms with E-state index in [0.29, 0.717) is 11.2 Å². The van der Waals surface area contributed by atoms with E-state index in [-0.39, 0.29) is 11.0 Å². The first kappa shape index (κ1) is 8.45. The van der Waals surface area contributed by atoms with Crippen molar-refractivity contribution < 1.29 is 4.52 Å². The zero-order valence-electron chi connectivity index (χ0n) is 7.61. The van der Waals surface area contributed by atoms with Crippen LogP contribution >= 0.6 is 0 Å². The van der Waals surface area contributed by atoms with Crippen molar-refractivity contribution >= 4 is 5.52 Å². The Labute approximate surface area is 80.0 Å². The molecule has 2 aromatic heterocycles. The van der Waals surface area contributed by atoms with Crippen molar-refractivity contribution in [2.24, 2.45) is 0 Å². The van der Waals surface area contributed by atoms with Crippen LogP contribution in [0.2, 0.25) is 0 Å². The van der Waals surface area contributed by atoms with Gasteiger partial charge < -0.3 is 0 Å². The van der Waals surface area contributed by atoms with Crippen LogP contribution in [0.25, 0.3) is 5.52 Å². The van der Waals surface area contributed by atoms with Gasteiger partial charge in [0.15, 0.2) is 0 Å². The molecule has 68 valence electrons. The summed E-state index contributed by atoms with van der Waals surface area (Å²) in [4.78, 5) is 11.7. The van der Waals surface area contributed by atoms with Crippen molar-refractivity contribution in [3.8, 4) is 6.07 Å². The minimum Gasteiger partial charge on any atom is -0.281 e. The van der Waals surface area contributed by atoms with E-state index in [1.54, 1.807) is 29.8 Å². The Balaban J connectivity index is 3.03. The molecule has 0 saturated heterocycles. The van der Waals surface area contributed by atoms with Gasteiger partial charge in [0.05, 0.1) is 5.69 Å². The predicted octanol–water partition coefficient (Wildman–Crippen LogP) is 0.294. The van der Waals surface area contributed by atoms with Crippen LogP contribution in [0.1, 0.15) is 11.3 Å². The molecule has 4 nitrogen and oxygen atoms in total. The number of rotatable bonds is 0. The third-order valence-corrected chi connectivity index (χ3v) is 2.09. The van der Waals surface area contributed by atoms with Gasteiger partial charge in [-0.3, -0.25) is 4.79 Å². The van der Waals surface area contributed by atoms with Crippen molar-refractivity contribution in [1.29, 1.82) is 5.26 Å². The maximum atomic E-state index is 11.7. The molecule has 0 spiro atoms. The number of aryl methyl sites for hydroxylation is 1. The summed E-state index contributed by atoms with van der Waals surface area (Å²) in [6, 6.07) is 7.16. The fourth-order valence-electron chi connectivity index (χ4n) is 1.40. The number of hydrogen-bond donors (Lipinski definition) is 1. The molecule has 0 aromatic carbocycles. The molecule has 0 saturated carbocycles. The summed E-state index contributed by atoms with van der Waals surface area (Å²) in [7, 11) is 0. The van der Waals surface area contributed by atoms with Crippen molar-refractivity contribution in [2.45, 2.75) is 6.92 Å². The van der Waals surface area contributed by atoms with Crippen molar-refractivity contribution in [2.75, 3.05) is 0 Å². The van der Waals surface area contributed by atoms with E-state index in [9.17, 15) is 4.79 Å². The van der Waals surface area contributed by atoms with Gasteiger partial charge in [-0.1, -0.05) is 4.52 Å². The van der Waals surface area contributed by atoms with E-state index in [0.717, 1.165) is 0 Å². The van der Waals surface area contributed by atoms with Gasteiger partial charge in [-0.2, -0.15) is 10.4 Å². The Kier molecular flexibility index (Phi) is 1.79. The number of H-pyrrole nitrogens is 1. The first-order valence-electron chi connectivity index (χ1n) is 4.17. The fraction of sp³-hybridized carbons (Fsp3) is 0.100. The SMILES string of the molecule is Cc1[nH][n+]2ccccc2c(=O)c1C#N. The van der Waals surface area contributed by atoms with Gasteiger partial charge in [0, 0.05) is 12.1 Å². The van der Waals surface area contributed by atoms with E-state index < -0.39 is 0 Å². The summed E-state index contributed by atoms with van der Waals surface area (Å²) in [5.41, 5.74) is 1.01. The highest BCUT2D eigenvalue weighted by Gasteiger charge is 2.13. The lowest BCUT2D eigenvalue weighted by Crippen LogP contribution is -2.34. The molecule has 2 rings (SSSR count). The van der Waals surface area contributed by atoms with Crippen molar-refractivity contribution in [1.82, 2.24) is 5.10 Å². The van der Waals surface area contributed by atoms with Gasteiger partial charge in [0.25, 0.3) is 10.9 Å². The standard InChI is InChI=1S/C10H7N3O/c1-7-8(6-11)10(14)9-4-2-3-5-13(9)12-7/h2-5H,1H3/p+1. The number of nitrogens with one attached hydrogen (secondary N) is 1. The van der Waals surface area contributed by atoms with Gasteiger partial charge in [-0.25, -0.2) is 0 Å². The molecule has 0 aliphatic rings. The maximum absolute atomic E-state index is 11.7. The Morgan fingerprint density at radius 2 is 2.29 bits per heavy atom. The van der Waals surface area contributed by atoms with E-state index in [4.69, 9.17) is 5.26 Å². The molecule has 0 atom stereocenters. The molecule has 1 N–H and O–H groups in total. The number of aromatic nitrogens is 2. The Hall–Kier alpha value is -2.15. The second kappa shape index (κ2) is 2.96. The molecule has 2 aromatic rings. The Morgan fingerprint density at radius 1 is 1.50 bits per heavy atom. The number of nitriles is 1. The van der Waals surface area contributed by atoms with E-state index in [2.05, 4.69) is 5.10 Å². The smallest absolute Gasteiger partial charge is 0.281 e. The number of aromatic amines is 1. The second-order valence-electron chi connectivity index (χ2n) is 3.01. The lowest BCUT2D eigenvalue weighted by Gasteiger charge is -1.94. The zero-order valence-corrected chi connectivity index (χ0v) is 7.61. The summed E-state index contributed by atoms with van der Waals surface area (Å²) in [6.45, 7) is 1.71. The van der Waals surface area contributed by atoms with Crippen LogP contribution in [0.4, 0.5) is 0 Å². The topological polar surface area (TPSA) is 60.8 Å². The van der Waals surface area contributed by atoms with Crippen LogP contribution in [0.15, 0.2) is 29.2 Å². The molecule has 0 aliphatic heterocycles. The lowest BCUT2D eigenvalue weighted by molar-refractivity contribution is -0.582. The summed E-state index contributed by atoms with van der Waals surface area (Å²) in [5, 5.41) is 11.7. The second-order valence-corrected chi connectivity index (χ2v) is 3.01. The highest BCUT2D eigenvalue weighted by Crippen LogP contribution is 1.96. The van der Waals surface area contributed by atoms with Gasteiger partial charge in [0.1, 0.15) is 11.6 Å². The minimum absolute atomic E-state index is 0.177. The quantitative estimate of drug-likeness (QED) is 0.601. The number of pyridine rings is 1. The average Bonchev–Trinajstić information content (AvgIpc) is 2.18. The van der Waals surface area contributed by atoms with Gasteiger partial charge >= 0.3 is 0 Å². The summed E-state index contributed by atoms with van der Waals surface area (Å²) < 4.78 is 1.61. The molecule has 0 radical (unpaired) electrons. The van der Waals surface area contributed by atoms with Crippen molar-refractivity contribution in [3.63, 3.8) is 0 Å². The van der Waals surface area contributed by atoms with E-state index >= 15 is 0 Å². The molecular formula is C10H8N3O+. The molecule has 0 amide bonds. The first-order chi connectivity index (χ1) is 6.74. The largest absolute Gasteiger partial charge is 0.283 e. The molecule has 0 aliphatic carbocycles. The van der Waals surface area contributed by atoms with Crippen LogP contribution in [0, 0.1) is 18.3 Å². The minimum atomic E-state index is -0.232. The lowest BCUT2D eigenvalue weighted by atomic mass is 10.2. The maximum Gasteiger partial charge on any atom is 0.283 e. The molecule has 2 heterocycles. The summed E-state index contributed by atoms with van der Waals surface area (Å²) in [6.07, 6.45) is 1.74. The normalized spacial score (nSPS) is 10.0. The Morgan fingerprint density at radius 3 is 3.00 bits per heavy atom. The molecule has 14 heavy (non-hydrogen) atoms. The summed E-state index contributed by atoms with van der Waals surface area (Å²) in [5.74, 6) is 0. The van der Waals surface area contributed by atoms with Crippen LogP contribution < -0.4 is 9.94 Å². The number of nitrogens with zero attached hydrogens (tertiary/aromatic N) is 2. The van der Waals surface area contributed by atoms with Gasteiger partial charge in [0.2, 0.25) is 6.20 Å². The monoisotopic (exact) mass is 186 g/mol. The zero-order chi connectivity index (χ0) is 10.1. The van der Waals surface area contributed by atoms with E-state index in [1.165, 1.54) is 0 Å². The van der Waals surface area contributed by atoms with E-state index in [1.807, 2.05) is 12.1 Å². The average molecular weight is 186 g/mol. The van der Waals surface area contributed by atoms with Crippen molar-refractivity contribution in [3.05, 3.63) is 45.9 Å². The van der Waals surface area contributed by atoms with Gasteiger partial charge in [-0.15, -0.1) is 0 Å². The third-order valence-electron chi connectivity index (χ3n) is 2.09. The highest BCUT2D eigenvalue weighted by molar-refractivity contribution is 5.46. The van der Waals surface area contributed by atoms with Crippen LogP contribution in [0.5, 0.6) is 0 Å². The van der Waals surface area contributed by atoms with Crippen LogP contribution in [0.3, 0.4) is 0 Å². The van der Waals surface area contributed by atoms with Gasteiger partial charge in [-0.05, 0) is 13.0 Å². The predicted molar refractivity (Wildman–Crippen MR) is 49.7 cm³/mol. The summed E-state index contributed by atoms with van der Waals surface area (Å²) >= 11 is 0. The molecular weight excluding hydrogens is 178 g/mol. The Bertz CT molecular complexity index is 592. The third kappa shape index (κ3) is 1.07. The molecule has 0 fully saturated rings. The highest BCUT2D eigenvalue weighted by atomic mass is 16.1. The molecule has 0 unspecified atom stereocenters. The fourth-order valence-corrected chi connectivity index (χ4v) is 1.40. The molecule has 0 bridgehead atoms.